The molecular weight excluding hydrogens is 446 g/mol. The lowest BCUT2D eigenvalue weighted by Crippen LogP contribution is -2.64. The molecule has 9 heteroatoms. The number of para-hydroxylation sites is 2. The first-order valence-corrected chi connectivity index (χ1v) is 12.1. The molecule has 2 bridgehead atoms. The summed E-state index contributed by atoms with van der Waals surface area (Å²) < 4.78 is 1.45. The number of aromatic nitrogens is 2. The largest absolute Gasteiger partial charge is 0.381 e. The van der Waals surface area contributed by atoms with E-state index in [1.807, 2.05) is 49.1 Å². The van der Waals surface area contributed by atoms with Crippen molar-refractivity contribution in [2.24, 2.45) is 5.92 Å². The van der Waals surface area contributed by atoms with Gasteiger partial charge in [0.2, 0.25) is 11.8 Å². The lowest BCUT2D eigenvalue weighted by atomic mass is 9.82. The van der Waals surface area contributed by atoms with Crippen LogP contribution in [0.3, 0.4) is 0 Å². The number of anilines is 1. The molecule has 0 radical (unpaired) electrons. The maximum absolute atomic E-state index is 14.0. The summed E-state index contributed by atoms with van der Waals surface area (Å²) in [6.07, 6.45) is -0.866. The van der Waals surface area contributed by atoms with E-state index in [9.17, 15) is 19.5 Å². The van der Waals surface area contributed by atoms with Crippen molar-refractivity contribution >= 4 is 28.4 Å². The van der Waals surface area contributed by atoms with Crippen molar-refractivity contribution in [3.8, 4) is 0 Å². The Morgan fingerprint density at radius 1 is 1.14 bits per heavy atom. The van der Waals surface area contributed by atoms with Crippen LogP contribution in [-0.2, 0) is 15.2 Å². The topological polar surface area (TPSA) is 108 Å². The summed E-state index contributed by atoms with van der Waals surface area (Å²) >= 11 is 0. The van der Waals surface area contributed by atoms with Crippen LogP contribution in [0.4, 0.5) is 5.69 Å². The number of carbonyl (C=O) groups excluding carboxylic acids is 2. The second-order valence-corrected chi connectivity index (χ2v) is 10.1. The third-order valence-corrected chi connectivity index (χ3v) is 8.35. The van der Waals surface area contributed by atoms with Gasteiger partial charge in [-0.2, -0.15) is 0 Å². The third-order valence-electron chi connectivity index (χ3n) is 8.35. The Kier molecular flexibility index (Phi) is 4.02. The van der Waals surface area contributed by atoms with E-state index >= 15 is 0 Å². The van der Waals surface area contributed by atoms with Crippen LogP contribution < -0.4 is 15.8 Å². The number of hydrogen-bond donors (Lipinski definition) is 2. The minimum Gasteiger partial charge on any atom is -0.381 e. The average Bonchev–Trinajstić information content (AvgIpc) is 3.29. The van der Waals surface area contributed by atoms with Gasteiger partial charge in [-0.25, -0.2) is 9.88 Å². The number of fused-ring (bicyclic) bond motifs is 4. The van der Waals surface area contributed by atoms with E-state index in [2.05, 4.69) is 5.32 Å². The molecule has 0 aliphatic carbocycles. The van der Waals surface area contributed by atoms with Gasteiger partial charge in [0.1, 0.15) is 24.0 Å². The molecule has 8 rings (SSSR count). The highest BCUT2D eigenvalue weighted by Crippen LogP contribution is 2.56. The Balaban J connectivity index is 1.57. The Bertz CT molecular complexity index is 1500. The molecule has 1 aromatic heterocycles. The van der Waals surface area contributed by atoms with Crippen molar-refractivity contribution in [2.75, 3.05) is 4.90 Å². The van der Waals surface area contributed by atoms with Crippen LogP contribution in [0, 0.1) is 5.92 Å². The third kappa shape index (κ3) is 2.39. The maximum atomic E-state index is 14.0. The van der Waals surface area contributed by atoms with Crippen molar-refractivity contribution in [3.05, 3.63) is 70.3 Å². The Labute approximate surface area is 201 Å². The van der Waals surface area contributed by atoms with Gasteiger partial charge in [-0.15, -0.1) is 0 Å². The lowest BCUT2D eigenvalue weighted by molar-refractivity contribution is -0.146. The lowest BCUT2D eigenvalue weighted by Gasteiger charge is -2.49. The van der Waals surface area contributed by atoms with Crippen LogP contribution in [0.2, 0.25) is 0 Å². The standard InChI is InChI=1S/C26H25N5O4/c1-3-13(2)19-24(34)30-17-11-7-5-9-15(17)26(35)12-18-22(32)28-21(31(19)25(26)30)20-27-16-10-6-4-8-14(16)23(33)29(18)20/h4-11,13,18-19,21,25,35H,3,12H2,1-2H3,(H,28,32)/t13-,18+,19-,21+,25+,26+/m0/s1. The van der Waals surface area contributed by atoms with E-state index in [1.54, 1.807) is 23.1 Å². The van der Waals surface area contributed by atoms with Gasteiger partial charge >= 0.3 is 0 Å². The van der Waals surface area contributed by atoms with Gasteiger partial charge in [0.05, 0.1) is 22.6 Å². The zero-order valence-corrected chi connectivity index (χ0v) is 19.4. The van der Waals surface area contributed by atoms with E-state index < -0.39 is 30.0 Å². The second kappa shape index (κ2) is 6.77. The molecule has 2 saturated heterocycles. The number of carbonyl (C=O) groups is 2. The fourth-order valence-corrected chi connectivity index (χ4v) is 6.61. The number of amides is 2. The maximum Gasteiger partial charge on any atom is 0.262 e. The van der Waals surface area contributed by atoms with E-state index in [-0.39, 0.29) is 29.7 Å². The van der Waals surface area contributed by atoms with Crippen molar-refractivity contribution in [2.45, 2.75) is 56.7 Å². The fraction of sp³-hybridized carbons (Fsp3) is 0.385. The predicted molar refractivity (Wildman–Crippen MR) is 127 cm³/mol. The van der Waals surface area contributed by atoms with Crippen LogP contribution in [0.1, 0.15) is 50.3 Å². The summed E-state index contributed by atoms with van der Waals surface area (Å²) in [5.41, 5.74) is -0.0422. The van der Waals surface area contributed by atoms with Crippen LogP contribution in [0.25, 0.3) is 10.9 Å². The van der Waals surface area contributed by atoms with E-state index in [4.69, 9.17) is 4.98 Å². The molecule has 35 heavy (non-hydrogen) atoms. The van der Waals surface area contributed by atoms with Gasteiger partial charge in [-0.05, 0) is 24.1 Å². The number of aliphatic hydroxyl groups is 1. The van der Waals surface area contributed by atoms with E-state index in [1.165, 1.54) is 4.57 Å². The number of rotatable bonds is 2. The second-order valence-electron chi connectivity index (χ2n) is 10.1. The van der Waals surface area contributed by atoms with Crippen molar-refractivity contribution in [1.29, 1.82) is 0 Å². The first-order chi connectivity index (χ1) is 16.9. The molecule has 0 saturated carbocycles. The molecule has 6 atom stereocenters. The van der Waals surface area contributed by atoms with Crippen molar-refractivity contribution in [3.63, 3.8) is 0 Å². The van der Waals surface area contributed by atoms with Crippen molar-refractivity contribution in [1.82, 2.24) is 19.8 Å². The molecule has 3 aromatic rings. The Morgan fingerprint density at radius 2 is 1.89 bits per heavy atom. The molecule has 5 aliphatic heterocycles. The molecule has 2 amide bonds. The summed E-state index contributed by atoms with van der Waals surface area (Å²) in [7, 11) is 0. The summed E-state index contributed by atoms with van der Waals surface area (Å²) in [6.45, 7) is 4.02. The smallest absolute Gasteiger partial charge is 0.262 e. The van der Waals surface area contributed by atoms with Crippen LogP contribution >= 0.6 is 0 Å². The molecular formula is C26H25N5O4. The first-order valence-electron chi connectivity index (χ1n) is 12.1. The first kappa shape index (κ1) is 20.8. The summed E-state index contributed by atoms with van der Waals surface area (Å²) in [5, 5.41) is 15.8. The predicted octanol–water partition coefficient (Wildman–Crippen LogP) is 1.76. The normalized spacial score (nSPS) is 31.6. The van der Waals surface area contributed by atoms with Gasteiger partial charge in [0, 0.05) is 12.0 Å². The number of benzene rings is 2. The Morgan fingerprint density at radius 3 is 2.69 bits per heavy atom. The number of nitrogens with one attached hydrogen (secondary N) is 1. The SMILES string of the molecule is CC[C@H](C)[C@H]1C(=O)N2c3ccccc3[C@]3(O)C[C@@H]4C(=O)N[C@@H](c5nc6ccccc6c(=O)n54)N1[C@@H]23. The zero-order valence-electron chi connectivity index (χ0n) is 19.4. The zero-order chi connectivity index (χ0) is 24.2. The van der Waals surface area contributed by atoms with E-state index in [0.29, 0.717) is 28.0 Å². The Hall–Kier alpha value is -3.56. The monoisotopic (exact) mass is 471 g/mol. The van der Waals surface area contributed by atoms with Gasteiger partial charge in [-0.1, -0.05) is 50.6 Å². The van der Waals surface area contributed by atoms with Gasteiger partial charge in [0.25, 0.3) is 5.56 Å². The van der Waals surface area contributed by atoms with Gasteiger partial charge in [0.15, 0.2) is 5.82 Å². The van der Waals surface area contributed by atoms with Crippen molar-refractivity contribution < 1.29 is 14.7 Å². The molecule has 2 fully saturated rings. The minimum atomic E-state index is -1.53. The highest BCUT2D eigenvalue weighted by Gasteiger charge is 2.67. The molecule has 5 aliphatic rings. The van der Waals surface area contributed by atoms with Crippen LogP contribution in [-0.4, -0.2) is 43.6 Å². The molecule has 2 aromatic carbocycles. The van der Waals surface area contributed by atoms with Crippen LogP contribution in [0.5, 0.6) is 0 Å². The van der Waals surface area contributed by atoms with E-state index in [0.717, 1.165) is 6.42 Å². The molecule has 6 heterocycles. The highest BCUT2D eigenvalue weighted by atomic mass is 16.3. The quantitative estimate of drug-likeness (QED) is 0.590. The summed E-state index contributed by atoms with van der Waals surface area (Å²) in [5.74, 6) is -0.118. The number of hydrogen-bond acceptors (Lipinski definition) is 6. The van der Waals surface area contributed by atoms with Gasteiger partial charge in [-0.3, -0.25) is 23.9 Å². The minimum absolute atomic E-state index is 0.0480. The molecule has 178 valence electrons. The van der Waals surface area contributed by atoms with Crippen LogP contribution in [0.15, 0.2) is 53.3 Å². The summed E-state index contributed by atoms with van der Waals surface area (Å²) in [4.78, 5) is 49.6. The molecule has 9 nitrogen and oxygen atoms in total. The summed E-state index contributed by atoms with van der Waals surface area (Å²) in [6, 6.07) is 12.9. The molecule has 0 unspecified atom stereocenters. The molecule has 0 spiro atoms. The average molecular weight is 472 g/mol. The fourth-order valence-electron chi connectivity index (χ4n) is 6.61. The molecule has 2 N–H and O–H groups in total. The number of nitrogens with zero attached hydrogens (tertiary/aromatic N) is 4. The van der Waals surface area contributed by atoms with Gasteiger partial charge < -0.3 is 10.4 Å². The highest BCUT2D eigenvalue weighted by molar-refractivity contribution is 6.03.